The molecule has 1 heterocycles. The number of oxazole rings is 1. The number of nitrogens with zero attached hydrogens (tertiary/aromatic N) is 1. The summed E-state index contributed by atoms with van der Waals surface area (Å²) in [6.07, 6.45) is 0. The lowest BCUT2D eigenvalue weighted by Crippen LogP contribution is -2.13. The number of hydrogen-bond donors (Lipinski definition) is 0. The first-order chi connectivity index (χ1) is 12.2. The van der Waals surface area contributed by atoms with Crippen molar-refractivity contribution in [3.8, 4) is 28.3 Å². The van der Waals surface area contributed by atoms with Crippen molar-refractivity contribution in [1.29, 1.82) is 0 Å². The van der Waals surface area contributed by atoms with E-state index in [9.17, 15) is 9.18 Å². The Morgan fingerprint density at radius 1 is 0.720 bits per heavy atom. The molecule has 0 aliphatic heterocycles. The molecule has 0 saturated heterocycles. The maximum Gasteiger partial charge on any atom is 0.424 e. The molecule has 0 saturated carbocycles. The van der Waals surface area contributed by atoms with E-state index in [1.807, 2.05) is 60.7 Å². The minimum atomic E-state index is -0.510. The Morgan fingerprint density at radius 2 is 1.28 bits per heavy atom. The summed E-state index contributed by atoms with van der Waals surface area (Å²) in [6.45, 7) is 0. The first kappa shape index (κ1) is 15.1. The summed E-state index contributed by atoms with van der Waals surface area (Å²) in [5.74, 6) is -0.379. The normalized spacial score (nSPS) is 10.8. The first-order valence-corrected chi connectivity index (χ1v) is 7.86. The summed E-state index contributed by atoms with van der Waals surface area (Å²) < 4.78 is 20.3. The number of rotatable bonds is 3. The molecular weight excluding hydrogens is 317 g/mol. The van der Waals surface area contributed by atoms with E-state index in [1.54, 1.807) is 12.1 Å². The van der Waals surface area contributed by atoms with Gasteiger partial charge < -0.3 is 4.42 Å². The van der Waals surface area contributed by atoms with Crippen molar-refractivity contribution in [3.05, 3.63) is 101 Å². The highest BCUT2D eigenvalue weighted by molar-refractivity contribution is 5.78. The Balaban J connectivity index is 2.03. The van der Waals surface area contributed by atoms with Crippen molar-refractivity contribution in [2.24, 2.45) is 0 Å². The third-order valence-electron chi connectivity index (χ3n) is 3.98. The van der Waals surface area contributed by atoms with Crippen LogP contribution in [-0.4, -0.2) is 4.57 Å². The van der Waals surface area contributed by atoms with Crippen LogP contribution in [0.5, 0.6) is 0 Å². The number of aromatic nitrogens is 1. The average molecular weight is 331 g/mol. The number of hydrogen-bond acceptors (Lipinski definition) is 2. The monoisotopic (exact) mass is 331 g/mol. The van der Waals surface area contributed by atoms with Gasteiger partial charge in [-0.2, -0.15) is 0 Å². The Morgan fingerprint density at radius 3 is 1.88 bits per heavy atom. The van der Waals surface area contributed by atoms with Gasteiger partial charge in [0.1, 0.15) is 11.5 Å². The van der Waals surface area contributed by atoms with Crippen molar-refractivity contribution < 1.29 is 8.81 Å². The van der Waals surface area contributed by atoms with E-state index in [0.717, 1.165) is 11.1 Å². The second-order valence-corrected chi connectivity index (χ2v) is 5.59. The molecule has 4 rings (SSSR count). The van der Waals surface area contributed by atoms with Gasteiger partial charge in [-0.15, -0.1) is 0 Å². The number of halogens is 1. The van der Waals surface area contributed by atoms with E-state index in [4.69, 9.17) is 4.42 Å². The molecule has 0 unspecified atom stereocenters. The van der Waals surface area contributed by atoms with E-state index in [0.29, 0.717) is 17.1 Å². The molecule has 4 heteroatoms. The van der Waals surface area contributed by atoms with Crippen LogP contribution in [0.3, 0.4) is 0 Å². The standard InChI is InChI=1S/C21H14FNO2/c22-17-11-13-18(14-12-17)23-19(15-7-3-1-4-8-15)20(25-21(23)24)16-9-5-2-6-10-16/h1-14H. The highest BCUT2D eigenvalue weighted by Gasteiger charge is 2.20. The van der Waals surface area contributed by atoms with Gasteiger partial charge in [-0.1, -0.05) is 60.7 Å². The second kappa shape index (κ2) is 6.24. The van der Waals surface area contributed by atoms with Crippen LogP contribution >= 0.6 is 0 Å². The largest absolute Gasteiger partial charge is 0.424 e. The van der Waals surface area contributed by atoms with Crippen LogP contribution in [0.25, 0.3) is 28.3 Å². The molecule has 0 amide bonds. The predicted molar refractivity (Wildman–Crippen MR) is 95.1 cm³/mol. The molecule has 0 bridgehead atoms. The first-order valence-electron chi connectivity index (χ1n) is 7.86. The fourth-order valence-electron chi connectivity index (χ4n) is 2.84. The highest BCUT2D eigenvalue weighted by atomic mass is 19.1. The lowest BCUT2D eigenvalue weighted by molar-refractivity contribution is 0.516. The zero-order valence-electron chi connectivity index (χ0n) is 13.2. The molecule has 0 radical (unpaired) electrons. The highest BCUT2D eigenvalue weighted by Crippen LogP contribution is 2.33. The lowest BCUT2D eigenvalue weighted by atomic mass is 10.1. The third-order valence-corrected chi connectivity index (χ3v) is 3.98. The smallest absolute Gasteiger partial charge is 0.407 e. The van der Waals surface area contributed by atoms with E-state index >= 15 is 0 Å². The molecule has 0 atom stereocenters. The fourth-order valence-corrected chi connectivity index (χ4v) is 2.84. The summed E-state index contributed by atoms with van der Waals surface area (Å²) in [7, 11) is 0. The third kappa shape index (κ3) is 2.78. The molecule has 0 fully saturated rings. The van der Waals surface area contributed by atoms with Crippen LogP contribution in [0.1, 0.15) is 0 Å². The van der Waals surface area contributed by atoms with Crippen LogP contribution in [0.2, 0.25) is 0 Å². The summed E-state index contributed by atoms with van der Waals surface area (Å²) in [5, 5.41) is 0. The minimum Gasteiger partial charge on any atom is -0.407 e. The average Bonchev–Trinajstić information content (AvgIpc) is 3.01. The van der Waals surface area contributed by atoms with Gasteiger partial charge in [0.2, 0.25) is 0 Å². The van der Waals surface area contributed by atoms with Crippen molar-refractivity contribution in [2.45, 2.75) is 0 Å². The summed E-state index contributed by atoms with van der Waals surface area (Å²) in [5.41, 5.74) is 2.84. The summed E-state index contributed by atoms with van der Waals surface area (Å²) in [6, 6.07) is 24.8. The van der Waals surface area contributed by atoms with Crippen LogP contribution in [-0.2, 0) is 0 Å². The summed E-state index contributed by atoms with van der Waals surface area (Å²) in [4.78, 5) is 12.6. The van der Waals surface area contributed by atoms with Crippen LogP contribution in [0.4, 0.5) is 4.39 Å². The van der Waals surface area contributed by atoms with Crippen molar-refractivity contribution in [1.82, 2.24) is 4.57 Å². The van der Waals surface area contributed by atoms with Gasteiger partial charge in [-0.3, -0.25) is 0 Å². The molecule has 122 valence electrons. The van der Waals surface area contributed by atoms with Gasteiger partial charge in [-0.25, -0.2) is 13.8 Å². The molecule has 1 aromatic heterocycles. The second-order valence-electron chi connectivity index (χ2n) is 5.59. The SMILES string of the molecule is O=c1oc(-c2ccccc2)c(-c2ccccc2)n1-c1ccc(F)cc1. The van der Waals surface area contributed by atoms with E-state index < -0.39 is 5.76 Å². The zero-order valence-corrected chi connectivity index (χ0v) is 13.2. The minimum absolute atomic E-state index is 0.357. The maximum absolute atomic E-state index is 13.3. The van der Waals surface area contributed by atoms with Crippen molar-refractivity contribution >= 4 is 0 Å². The Bertz CT molecular complexity index is 1050. The maximum atomic E-state index is 13.3. The molecule has 0 aliphatic carbocycles. The van der Waals surface area contributed by atoms with Crippen LogP contribution in [0, 0.1) is 5.82 Å². The molecule has 25 heavy (non-hydrogen) atoms. The topological polar surface area (TPSA) is 35.1 Å². The van der Waals surface area contributed by atoms with Crippen LogP contribution in [0.15, 0.2) is 94.1 Å². The van der Waals surface area contributed by atoms with Gasteiger partial charge >= 0.3 is 5.76 Å². The fraction of sp³-hybridized carbons (Fsp3) is 0. The van der Waals surface area contributed by atoms with E-state index in [1.165, 1.54) is 16.7 Å². The van der Waals surface area contributed by atoms with Gasteiger partial charge in [0.05, 0.1) is 5.69 Å². The molecule has 0 N–H and O–H groups in total. The molecule has 4 aromatic rings. The van der Waals surface area contributed by atoms with Gasteiger partial charge in [0.15, 0.2) is 5.76 Å². The van der Waals surface area contributed by atoms with Crippen LogP contribution < -0.4 is 5.76 Å². The number of benzene rings is 3. The Kier molecular flexibility index (Phi) is 3.78. The van der Waals surface area contributed by atoms with E-state index in [2.05, 4.69) is 0 Å². The van der Waals surface area contributed by atoms with Crippen molar-refractivity contribution in [3.63, 3.8) is 0 Å². The van der Waals surface area contributed by atoms with Gasteiger partial charge in [-0.05, 0) is 24.3 Å². The lowest BCUT2D eigenvalue weighted by Gasteiger charge is -2.08. The Hall–Kier alpha value is -3.40. The Labute approximate surface area is 143 Å². The van der Waals surface area contributed by atoms with Gasteiger partial charge in [0, 0.05) is 11.1 Å². The zero-order chi connectivity index (χ0) is 17.2. The summed E-state index contributed by atoms with van der Waals surface area (Å²) >= 11 is 0. The molecule has 3 aromatic carbocycles. The van der Waals surface area contributed by atoms with Gasteiger partial charge in [0.25, 0.3) is 0 Å². The molecular formula is C21H14FNO2. The van der Waals surface area contributed by atoms with Crippen molar-refractivity contribution in [2.75, 3.05) is 0 Å². The molecule has 3 nitrogen and oxygen atoms in total. The molecule has 0 aliphatic rings. The quantitative estimate of drug-likeness (QED) is 0.535. The van der Waals surface area contributed by atoms with E-state index in [-0.39, 0.29) is 5.82 Å². The molecule has 0 spiro atoms. The predicted octanol–water partition coefficient (Wildman–Crippen LogP) is 4.90.